The quantitative estimate of drug-likeness (QED) is 0.587. The van der Waals surface area contributed by atoms with Crippen LogP contribution in [0.15, 0.2) is 66.7 Å². The summed E-state index contributed by atoms with van der Waals surface area (Å²) in [5.41, 5.74) is 2.57. The molecule has 5 aliphatic rings. The molecule has 5 nitrogen and oxygen atoms in total. The van der Waals surface area contributed by atoms with Gasteiger partial charge in [-0.05, 0) is 54.2 Å². The molecule has 2 bridgehead atoms. The maximum atomic E-state index is 13.7. The summed E-state index contributed by atoms with van der Waals surface area (Å²) in [6, 6.07) is 16.3. The summed E-state index contributed by atoms with van der Waals surface area (Å²) in [7, 11) is 0. The van der Waals surface area contributed by atoms with Gasteiger partial charge in [-0.3, -0.25) is 19.3 Å². The highest BCUT2D eigenvalue weighted by Crippen LogP contribution is 2.65. The number of carbonyl (C=O) groups excluding carboxylic acids is 3. The number of allylic oxidation sites excluding steroid dienone is 2. The Morgan fingerprint density at radius 1 is 0.938 bits per heavy atom. The Hall–Kier alpha value is -3.21. The molecule has 3 amide bonds. The van der Waals surface area contributed by atoms with Gasteiger partial charge in [0.25, 0.3) is 0 Å². The lowest BCUT2D eigenvalue weighted by molar-refractivity contribution is -0.146. The van der Waals surface area contributed by atoms with E-state index < -0.39 is 6.04 Å². The summed E-state index contributed by atoms with van der Waals surface area (Å²) in [5, 5.41) is 2.98. The molecule has 0 radical (unpaired) electrons. The number of hydrogen-bond acceptors (Lipinski definition) is 3. The Kier molecular flexibility index (Phi) is 4.36. The van der Waals surface area contributed by atoms with Crippen LogP contribution in [0.4, 0.5) is 5.69 Å². The number of likely N-dealkylation sites (tertiary alicyclic amines) is 1. The van der Waals surface area contributed by atoms with E-state index in [4.69, 9.17) is 0 Å². The van der Waals surface area contributed by atoms with Gasteiger partial charge in [0.2, 0.25) is 17.7 Å². The molecule has 1 saturated heterocycles. The zero-order valence-corrected chi connectivity index (χ0v) is 18.0. The molecule has 7 atom stereocenters. The van der Waals surface area contributed by atoms with Crippen molar-refractivity contribution in [2.75, 3.05) is 5.32 Å². The molecule has 7 rings (SSSR count). The van der Waals surface area contributed by atoms with Gasteiger partial charge >= 0.3 is 0 Å². The van der Waals surface area contributed by atoms with Gasteiger partial charge in [0, 0.05) is 12.1 Å². The predicted octanol–water partition coefficient (Wildman–Crippen LogP) is 3.60. The molecular formula is C27H26N2O3. The van der Waals surface area contributed by atoms with E-state index in [2.05, 4.69) is 17.5 Å². The van der Waals surface area contributed by atoms with Gasteiger partial charge in [-0.25, -0.2) is 0 Å². The second kappa shape index (κ2) is 7.16. The molecule has 0 spiro atoms. The minimum atomic E-state index is -0.863. The van der Waals surface area contributed by atoms with E-state index in [-0.39, 0.29) is 41.4 Å². The topological polar surface area (TPSA) is 66.5 Å². The molecule has 1 aliphatic heterocycles. The normalized spacial score (nSPS) is 32.5. The number of hydrogen-bond donors (Lipinski definition) is 1. The molecular weight excluding hydrogens is 400 g/mol. The average Bonchev–Trinajstić information content (AvgIpc) is 3.58. The number of anilines is 1. The van der Waals surface area contributed by atoms with Crippen LogP contribution in [-0.4, -0.2) is 28.7 Å². The second-order valence-corrected chi connectivity index (χ2v) is 9.71. The smallest absolute Gasteiger partial charge is 0.248 e. The van der Waals surface area contributed by atoms with E-state index in [1.807, 2.05) is 61.5 Å². The van der Waals surface area contributed by atoms with Crippen LogP contribution >= 0.6 is 0 Å². The Balaban J connectivity index is 1.34. The van der Waals surface area contributed by atoms with E-state index in [9.17, 15) is 14.4 Å². The predicted molar refractivity (Wildman–Crippen MR) is 120 cm³/mol. The van der Waals surface area contributed by atoms with E-state index in [1.54, 1.807) is 0 Å². The first kappa shape index (κ1) is 19.5. The lowest BCUT2D eigenvalue weighted by atomic mass is 9.63. The van der Waals surface area contributed by atoms with Crippen LogP contribution in [0.1, 0.15) is 17.5 Å². The molecule has 2 aromatic rings. The van der Waals surface area contributed by atoms with Crippen LogP contribution in [0.2, 0.25) is 0 Å². The van der Waals surface area contributed by atoms with E-state index in [0.717, 1.165) is 17.5 Å². The second-order valence-electron chi connectivity index (χ2n) is 9.71. The highest BCUT2D eigenvalue weighted by Gasteiger charge is 2.67. The fourth-order valence-electron chi connectivity index (χ4n) is 6.35. The molecule has 2 aromatic carbocycles. The summed E-state index contributed by atoms with van der Waals surface area (Å²) < 4.78 is 0. The van der Waals surface area contributed by atoms with Crippen LogP contribution in [0, 0.1) is 42.4 Å². The van der Waals surface area contributed by atoms with Crippen molar-refractivity contribution in [3.05, 3.63) is 77.9 Å². The number of rotatable bonds is 5. The van der Waals surface area contributed by atoms with Crippen LogP contribution in [0.3, 0.4) is 0 Å². The van der Waals surface area contributed by atoms with E-state index in [0.29, 0.717) is 23.9 Å². The van der Waals surface area contributed by atoms with Gasteiger partial charge in [0.05, 0.1) is 11.8 Å². The Morgan fingerprint density at radius 2 is 1.53 bits per heavy atom. The monoisotopic (exact) mass is 426 g/mol. The lowest BCUT2D eigenvalue weighted by Gasteiger charge is -2.37. The molecule has 1 heterocycles. The van der Waals surface area contributed by atoms with Crippen molar-refractivity contribution in [3.63, 3.8) is 0 Å². The molecule has 32 heavy (non-hydrogen) atoms. The fraction of sp³-hybridized carbons (Fsp3) is 0.370. The number of carbonyl (C=O) groups is 3. The summed E-state index contributed by atoms with van der Waals surface area (Å²) in [5.74, 6) is 0.135. The molecule has 2 saturated carbocycles. The van der Waals surface area contributed by atoms with Crippen LogP contribution in [0.25, 0.3) is 0 Å². The van der Waals surface area contributed by atoms with Crippen molar-refractivity contribution in [3.8, 4) is 0 Å². The Bertz CT molecular complexity index is 1100. The largest absolute Gasteiger partial charge is 0.324 e. The molecule has 1 N–H and O–H groups in total. The lowest BCUT2D eigenvalue weighted by Crippen LogP contribution is -2.49. The minimum Gasteiger partial charge on any atom is -0.324 e. The first-order chi connectivity index (χ1) is 15.5. The summed E-state index contributed by atoms with van der Waals surface area (Å²) in [4.78, 5) is 42.1. The maximum absolute atomic E-state index is 13.7. The van der Waals surface area contributed by atoms with Crippen LogP contribution in [-0.2, 0) is 20.8 Å². The number of amides is 3. The van der Waals surface area contributed by atoms with Crippen molar-refractivity contribution in [2.45, 2.75) is 25.8 Å². The molecule has 0 aromatic heterocycles. The third-order valence-electron chi connectivity index (χ3n) is 7.99. The molecule has 5 heteroatoms. The molecule has 0 unspecified atom stereocenters. The summed E-state index contributed by atoms with van der Waals surface area (Å²) in [6.45, 7) is 1.93. The van der Waals surface area contributed by atoms with E-state index >= 15 is 0 Å². The van der Waals surface area contributed by atoms with Gasteiger partial charge in [-0.15, -0.1) is 0 Å². The van der Waals surface area contributed by atoms with Gasteiger partial charge < -0.3 is 5.32 Å². The fourth-order valence-corrected chi connectivity index (χ4v) is 6.35. The summed E-state index contributed by atoms with van der Waals surface area (Å²) >= 11 is 0. The van der Waals surface area contributed by atoms with Crippen LogP contribution < -0.4 is 5.32 Å². The summed E-state index contributed by atoms with van der Waals surface area (Å²) in [6.07, 6.45) is 5.75. The number of nitrogens with zero attached hydrogens (tertiary/aromatic N) is 1. The van der Waals surface area contributed by atoms with Crippen molar-refractivity contribution in [2.24, 2.45) is 35.5 Å². The third-order valence-corrected chi connectivity index (χ3v) is 7.99. The maximum Gasteiger partial charge on any atom is 0.248 e. The van der Waals surface area contributed by atoms with Crippen molar-refractivity contribution in [1.29, 1.82) is 0 Å². The van der Waals surface area contributed by atoms with Crippen molar-refractivity contribution < 1.29 is 14.4 Å². The van der Waals surface area contributed by atoms with Crippen LogP contribution in [0.5, 0.6) is 0 Å². The highest BCUT2D eigenvalue weighted by atomic mass is 16.2. The number of para-hydroxylation sites is 1. The third kappa shape index (κ3) is 2.87. The van der Waals surface area contributed by atoms with Crippen molar-refractivity contribution in [1.82, 2.24) is 4.90 Å². The SMILES string of the molecule is Cc1ccccc1NC(=O)[C@H](Cc1ccccc1)N1C(=O)[C@@H]2[C@H]3C=C[C@@H]([C@@H]4C[C@@H]34)[C@@H]2C1=O. The molecule has 162 valence electrons. The Labute approximate surface area is 187 Å². The molecule has 3 fully saturated rings. The van der Waals surface area contributed by atoms with Gasteiger partial charge in [-0.1, -0.05) is 60.7 Å². The van der Waals surface area contributed by atoms with Crippen molar-refractivity contribution >= 4 is 23.4 Å². The number of benzene rings is 2. The zero-order valence-electron chi connectivity index (χ0n) is 18.0. The zero-order chi connectivity index (χ0) is 22.0. The highest BCUT2D eigenvalue weighted by molar-refractivity contribution is 6.10. The van der Waals surface area contributed by atoms with Gasteiger partial charge in [0.1, 0.15) is 6.04 Å². The standard InChI is InChI=1S/C27H26N2O3/c1-15-7-5-6-10-21(15)28-25(30)22(13-16-8-3-2-4-9-16)29-26(31)23-17-11-12-18(20-14-19(17)20)24(23)27(29)32/h2-12,17-20,22-24H,13-14H2,1H3,(H,28,30)/t17-,18-,19-,20-,22-,23-,24+/m0/s1. The minimum absolute atomic E-state index is 0.147. The first-order valence-electron chi connectivity index (χ1n) is 11.5. The number of aryl methyl sites for hydroxylation is 1. The molecule has 4 aliphatic carbocycles. The Morgan fingerprint density at radius 3 is 2.16 bits per heavy atom. The first-order valence-corrected chi connectivity index (χ1v) is 11.5. The van der Waals surface area contributed by atoms with Gasteiger partial charge in [0.15, 0.2) is 0 Å². The van der Waals surface area contributed by atoms with Gasteiger partial charge in [-0.2, -0.15) is 0 Å². The number of imide groups is 1. The number of nitrogens with one attached hydrogen (secondary N) is 1. The van der Waals surface area contributed by atoms with E-state index in [1.165, 1.54) is 4.90 Å². The average molecular weight is 427 g/mol.